The Morgan fingerprint density at radius 3 is 3.00 bits per heavy atom. The number of fused-ring (bicyclic) bond motifs is 2. The predicted molar refractivity (Wildman–Crippen MR) is 117 cm³/mol. The second-order valence-electron chi connectivity index (χ2n) is 9.17. The van der Waals surface area contributed by atoms with E-state index < -0.39 is 0 Å². The van der Waals surface area contributed by atoms with Crippen molar-refractivity contribution in [3.05, 3.63) is 34.7 Å². The summed E-state index contributed by atoms with van der Waals surface area (Å²) in [5.74, 6) is 1.15. The topological polar surface area (TPSA) is 50.1 Å². The van der Waals surface area contributed by atoms with Crippen molar-refractivity contribution in [2.75, 3.05) is 31.1 Å². The Morgan fingerprint density at radius 1 is 1.24 bits per heavy atom. The van der Waals surface area contributed by atoms with E-state index in [4.69, 9.17) is 4.98 Å². The number of likely N-dealkylation sites (tertiary alicyclic amines) is 1. The van der Waals surface area contributed by atoms with E-state index in [1.165, 1.54) is 53.9 Å². The molecule has 0 saturated carbocycles. The third kappa shape index (κ3) is 2.81. The van der Waals surface area contributed by atoms with Gasteiger partial charge in [0.15, 0.2) is 0 Å². The van der Waals surface area contributed by atoms with E-state index in [9.17, 15) is 0 Å². The standard InChI is InChI=1S/C22H28N6S/c1-3-15-9-16-20(23-14-24-21(16)29-15)27-8-7-22(11-27)12-28(13-22)19-6-4-5-18-17(19)10-26(2)25-18/h9-10,14,19H,3-8,11-13H2,1-2H3. The van der Waals surface area contributed by atoms with Gasteiger partial charge in [0.1, 0.15) is 17.0 Å². The minimum absolute atomic E-state index is 0.431. The Morgan fingerprint density at radius 2 is 2.14 bits per heavy atom. The largest absolute Gasteiger partial charge is 0.355 e. The van der Waals surface area contributed by atoms with Crippen LogP contribution >= 0.6 is 11.3 Å². The first-order valence-corrected chi connectivity index (χ1v) is 11.7. The summed E-state index contributed by atoms with van der Waals surface area (Å²) >= 11 is 1.81. The van der Waals surface area contributed by atoms with Crippen molar-refractivity contribution in [1.82, 2.24) is 24.6 Å². The molecule has 3 aromatic rings. The lowest BCUT2D eigenvalue weighted by molar-refractivity contribution is -0.0228. The zero-order chi connectivity index (χ0) is 19.6. The van der Waals surface area contributed by atoms with E-state index in [1.54, 1.807) is 6.33 Å². The monoisotopic (exact) mass is 408 g/mol. The smallest absolute Gasteiger partial charge is 0.140 e. The van der Waals surface area contributed by atoms with Crippen molar-refractivity contribution in [2.45, 2.75) is 45.1 Å². The molecule has 0 aromatic carbocycles. The van der Waals surface area contributed by atoms with Crippen molar-refractivity contribution in [2.24, 2.45) is 12.5 Å². The van der Waals surface area contributed by atoms with Gasteiger partial charge in [-0.2, -0.15) is 5.10 Å². The fourth-order valence-corrected chi connectivity index (χ4v) is 6.68. The van der Waals surface area contributed by atoms with E-state index in [1.807, 2.05) is 16.0 Å². The van der Waals surface area contributed by atoms with Crippen molar-refractivity contribution in [3.8, 4) is 0 Å². The maximum Gasteiger partial charge on any atom is 0.140 e. The molecular formula is C22H28N6S. The van der Waals surface area contributed by atoms with Crippen LogP contribution in [0.5, 0.6) is 0 Å². The molecular weight excluding hydrogens is 380 g/mol. The van der Waals surface area contributed by atoms with E-state index in [2.05, 4.69) is 46.1 Å². The van der Waals surface area contributed by atoms with Gasteiger partial charge in [0.2, 0.25) is 0 Å². The molecule has 5 heterocycles. The van der Waals surface area contributed by atoms with Gasteiger partial charge in [-0.15, -0.1) is 11.3 Å². The number of thiophene rings is 1. The van der Waals surface area contributed by atoms with Crippen molar-refractivity contribution < 1.29 is 0 Å². The molecule has 3 aromatic heterocycles. The number of aromatic nitrogens is 4. The average Bonchev–Trinajstić information content (AvgIpc) is 3.41. The normalized spacial score (nSPS) is 23.7. The Bertz CT molecular complexity index is 1060. The summed E-state index contributed by atoms with van der Waals surface area (Å²) in [5, 5.41) is 5.93. The minimum atomic E-state index is 0.431. The maximum absolute atomic E-state index is 4.70. The van der Waals surface area contributed by atoms with Crippen LogP contribution in [0.2, 0.25) is 0 Å². The molecule has 1 atom stereocenters. The van der Waals surface area contributed by atoms with Gasteiger partial charge in [0.05, 0.1) is 11.1 Å². The summed E-state index contributed by atoms with van der Waals surface area (Å²) < 4.78 is 2.00. The minimum Gasteiger partial charge on any atom is -0.355 e. The molecule has 2 fully saturated rings. The first-order chi connectivity index (χ1) is 14.1. The van der Waals surface area contributed by atoms with Crippen molar-refractivity contribution in [1.29, 1.82) is 0 Å². The van der Waals surface area contributed by atoms with Gasteiger partial charge in [-0.1, -0.05) is 6.92 Å². The van der Waals surface area contributed by atoms with Crippen LogP contribution < -0.4 is 4.90 Å². The van der Waals surface area contributed by atoms with Gasteiger partial charge >= 0.3 is 0 Å². The van der Waals surface area contributed by atoms with Crippen LogP contribution in [0.25, 0.3) is 10.2 Å². The Kier molecular flexibility index (Phi) is 4.00. The van der Waals surface area contributed by atoms with Gasteiger partial charge in [0.25, 0.3) is 0 Å². The molecule has 29 heavy (non-hydrogen) atoms. The maximum atomic E-state index is 4.70. The zero-order valence-electron chi connectivity index (χ0n) is 17.3. The molecule has 2 aliphatic heterocycles. The summed E-state index contributed by atoms with van der Waals surface area (Å²) in [5.41, 5.74) is 3.23. The molecule has 6 rings (SSSR count). The second-order valence-corrected chi connectivity index (χ2v) is 10.3. The SMILES string of the molecule is CCc1cc2c(N3CCC4(C3)CN(C3CCCc5nn(C)cc53)C4)ncnc2s1. The van der Waals surface area contributed by atoms with Gasteiger partial charge in [0, 0.05) is 61.3 Å². The average molecular weight is 409 g/mol. The summed E-state index contributed by atoms with van der Waals surface area (Å²) in [6, 6.07) is 2.88. The summed E-state index contributed by atoms with van der Waals surface area (Å²) in [7, 11) is 2.05. The zero-order valence-corrected chi connectivity index (χ0v) is 18.1. The number of hydrogen-bond acceptors (Lipinski definition) is 6. The number of nitrogens with zero attached hydrogens (tertiary/aromatic N) is 6. The Labute approximate surface area is 175 Å². The van der Waals surface area contributed by atoms with Crippen LogP contribution in [-0.2, 0) is 19.9 Å². The van der Waals surface area contributed by atoms with Crippen molar-refractivity contribution in [3.63, 3.8) is 0 Å². The molecule has 3 aliphatic rings. The third-order valence-electron chi connectivity index (χ3n) is 7.15. The van der Waals surface area contributed by atoms with Gasteiger partial charge in [-0.05, 0) is 38.2 Å². The third-order valence-corrected chi connectivity index (χ3v) is 8.34. The van der Waals surface area contributed by atoms with Crippen LogP contribution in [0.4, 0.5) is 5.82 Å². The molecule has 1 aliphatic carbocycles. The highest BCUT2D eigenvalue weighted by Gasteiger charge is 2.50. The quantitative estimate of drug-likeness (QED) is 0.663. The van der Waals surface area contributed by atoms with Gasteiger partial charge < -0.3 is 4.90 Å². The first kappa shape index (κ1) is 17.8. The molecule has 1 unspecified atom stereocenters. The van der Waals surface area contributed by atoms with Crippen molar-refractivity contribution >= 4 is 27.4 Å². The summed E-state index contributed by atoms with van der Waals surface area (Å²) in [4.78, 5) is 17.0. The van der Waals surface area contributed by atoms with E-state index in [0.717, 1.165) is 36.6 Å². The fourth-order valence-electron chi connectivity index (χ4n) is 5.75. The molecule has 0 radical (unpaired) electrons. The van der Waals surface area contributed by atoms with E-state index in [0.29, 0.717) is 11.5 Å². The lowest BCUT2D eigenvalue weighted by Crippen LogP contribution is -2.58. The molecule has 0 bridgehead atoms. The van der Waals surface area contributed by atoms with E-state index >= 15 is 0 Å². The predicted octanol–water partition coefficient (Wildman–Crippen LogP) is 3.58. The molecule has 0 N–H and O–H groups in total. The lowest BCUT2D eigenvalue weighted by atomic mass is 9.76. The van der Waals surface area contributed by atoms with Crippen LogP contribution in [0.3, 0.4) is 0 Å². The van der Waals surface area contributed by atoms with Crippen LogP contribution in [-0.4, -0.2) is 50.8 Å². The second kappa shape index (κ2) is 6.51. The molecule has 2 saturated heterocycles. The fraction of sp³-hybridized carbons (Fsp3) is 0.591. The van der Waals surface area contributed by atoms with Gasteiger partial charge in [-0.25, -0.2) is 9.97 Å². The number of anilines is 1. The molecule has 1 spiro atoms. The van der Waals surface area contributed by atoms with E-state index in [-0.39, 0.29) is 0 Å². The highest BCUT2D eigenvalue weighted by Crippen LogP contribution is 2.47. The van der Waals surface area contributed by atoms with Crippen LogP contribution in [0.15, 0.2) is 18.6 Å². The highest BCUT2D eigenvalue weighted by atomic mass is 32.1. The van der Waals surface area contributed by atoms with Crippen LogP contribution in [0.1, 0.15) is 48.4 Å². The highest BCUT2D eigenvalue weighted by molar-refractivity contribution is 7.18. The Balaban J connectivity index is 1.20. The Hall–Kier alpha value is -1.99. The molecule has 152 valence electrons. The molecule has 0 amide bonds. The van der Waals surface area contributed by atoms with Crippen LogP contribution in [0, 0.1) is 5.41 Å². The first-order valence-electron chi connectivity index (χ1n) is 10.9. The molecule has 6 nitrogen and oxygen atoms in total. The number of rotatable bonds is 3. The molecule has 7 heteroatoms. The summed E-state index contributed by atoms with van der Waals surface area (Å²) in [6.07, 6.45) is 10.0. The summed E-state index contributed by atoms with van der Waals surface area (Å²) in [6.45, 7) is 6.87. The number of aryl methyl sites for hydroxylation is 3. The van der Waals surface area contributed by atoms with Gasteiger partial charge in [-0.3, -0.25) is 9.58 Å². The lowest BCUT2D eigenvalue weighted by Gasteiger charge is -2.52. The number of hydrogen-bond donors (Lipinski definition) is 0.